The molecule has 1 aliphatic rings. The van der Waals surface area contributed by atoms with Gasteiger partial charge < -0.3 is 20.1 Å². The molecule has 1 unspecified atom stereocenters. The molecule has 3 heterocycles. The average molecular weight is 441 g/mol. The lowest BCUT2D eigenvalue weighted by atomic mass is 9.94. The van der Waals surface area contributed by atoms with E-state index in [1.54, 1.807) is 7.11 Å². The minimum Gasteiger partial charge on any atom is -0.496 e. The van der Waals surface area contributed by atoms with E-state index in [1.807, 2.05) is 31.2 Å². The minimum atomic E-state index is -0.216. The second-order valence-corrected chi connectivity index (χ2v) is 9.39. The highest BCUT2D eigenvalue weighted by atomic mass is 32.1. The van der Waals surface area contributed by atoms with Gasteiger partial charge in [0.25, 0.3) is 5.91 Å². The number of nitrogens with zero attached hydrogens (tertiary/aromatic N) is 2. The normalized spacial score (nSPS) is 18.0. The zero-order valence-corrected chi connectivity index (χ0v) is 19.1. The van der Waals surface area contributed by atoms with Crippen LogP contribution in [0.1, 0.15) is 47.5 Å². The maximum Gasteiger partial charge on any atom is 0.261 e. The number of aryl methyl sites for hydroxylation is 1. The molecule has 0 aliphatic carbocycles. The Bertz CT molecular complexity index is 1100. The van der Waals surface area contributed by atoms with Crippen LogP contribution in [0.5, 0.6) is 5.75 Å². The molecule has 0 saturated carbocycles. The molecule has 0 radical (unpaired) electrons. The lowest BCUT2D eigenvalue weighted by Gasteiger charge is -2.35. The summed E-state index contributed by atoms with van der Waals surface area (Å²) in [5.41, 5.74) is 1.71. The molecule has 1 atom stereocenters. The first kappa shape index (κ1) is 21.5. The predicted octanol–water partition coefficient (Wildman–Crippen LogP) is 4.31. The van der Waals surface area contributed by atoms with Crippen molar-refractivity contribution in [3.63, 3.8) is 0 Å². The molecule has 8 heteroatoms. The van der Waals surface area contributed by atoms with Crippen molar-refractivity contribution in [3.8, 4) is 5.75 Å². The van der Waals surface area contributed by atoms with Crippen LogP contribution >= 0.6 is 11.3 Å². The molecule has 1 amide bonds. The third kappa shape index (κ3) is 4.65. The second kappa shape index (κ2) is 8.80. The Hall–Kier alpha value is -2.71. The van der Waals surface area contributed by atoms with Crippen molar-refractivity contribution >= 4 is 33.3 Å². The Morgan fingerprint density at radius 1 is 1.32 bits per heavy atom. The number of amides is 1. The summed E-state index contributed by atoms with van der Waals surface area (Å²) in [6, 6.07) is 7.97. The SMILES string of the molecule is COc1ccccc1CNc1ncnc2sc(C(=O)NC3CCOC(C)(C)C3)c(C)c12. The molecule has 31 heavy (non-hydrogen) atoms. The molecule has 1 fully saturated rings. The first-order chi connectivity index (χ1) is 14.9. The first-order valence-corrected chi connectivity index (χ1v) is 11.2. The number of para-hydroxylation sites is 1. The monoisotopic (exact) mass is 440 g/mol. The van der Waals surface area contributed by atoms with Crippen LogP contribution in [0.15, 0.2) is 30.6 Å². The highest BCUT2D eigenvalue weighted by molar-refractivity contribution is 7.20. The molecule has 3 aromatic rings. The van der Waals surface area contributed by atoms with Crippen LogP contribution in [-0.4, -0.2) is 41.2 Å². The Labute approximate surface area is 186 Å². The van der Waals surface area contributed by atoms with Crippen LogP contribution in [-0.2, 0) is 11.3 Å². The van der Waals surface area contributed by atoms with E-state index in [1.165, 1.54) is 17.7 Å². The molecule has 164 valence electrons. The van der Waals surface area contributed by atoms with Crippen molar-refractivity contribution in [2.45, 2.75) is 51.8 Å². The number of anilines is 1. The van der Waals surface area contributed by atoms with Crippen molar-refractivity contribution in [2.75, 3.05) is 19.0 Å². The number of benzene rings is 1. The van der Waals surface area contributed by atoms with Crippen molar-refractivity contribution in [1.82, 2.24) is 15.3 Å². The third-order valence-electron chi connectivity index (χ3n) is 5.60. The summed E-state index contributed by atoms with van der Waals surface area (Å²) >= 11 is 1.40. The first-order valence-electron chi connectivity index (χ1n) is 10.4. The fourth-order valence-corrected chi connectivity index (χ4v) is 5.11. The molecule has 1 aliphatic heterocycles. The smallest absolute Gasteiger partial charge is 0.261 e. The van der Waals surface area contributed by atoms with Crippen LogP contribution in [0, 0.1) is 6.92 Å². The molecular weight excluding hydrogens is 412 g/mol. The van der Waals surface area contributed by atoms with Crippen LogP contribution in [0.2, 0.25) is 0 Å². The highest BCUT2D eigenvalue weighted by Crippen LogP contribution is 2.34. The van der Waals surface area contributed by atoms with Gasteiger partial charge in [0.1, 0.15) is 22.7 Å². The van der Waals surface area contributed by atoms with Crippen LogP contribution in [0.3, 0.4) is 0 Å². The van der Waals surface area contributed by atoms with E-state index in [2.05, 4.69) is 34.4 Å². The van der Waals surface area contributed by atoms with Crippen LogP contribution in [0.25, 0.3) is 10.2 Å². The van der Waals surface area contributed by atoms with Gasteiger partial charge in [-0.3, -0.25) is 4.79 Å². The Morgan fingerprint density at radius 2 is 2.13 bits per heavy atom. The van der Waals surface area contributed by atoms with Crippen LogP contribution in [0.4, 0.5) is 5.82 Å². The Balaban J connectivity index is 1.55. The number of rotatable bonds is 6. The Kier molecular flexibility index (Phi) is 6.11. The molecule has 7 nitrogen and oxygen atoms in total. The molecule has 4 rings (SSSR count). The van der Waals surface area contributed by atoms with Gasteiger partial charge in [0.05, 0.1) is 23.0 Å². The second-order valence-electron chi connectivity index (χ2n) is 8.40. The predicted molar refractivity (Wildman–Crippen MR) is 123 cm³/mol. The van der Waals surface area contributed by atoms with Crippen molar-refractivity contribution in [3.05, 3.63) is 46.6 Å². The number of carbonyl (C=O) groups excluding carboxylic acids is 1. The van der Waals surface area contributed by atoms with E-state index in [0.29, 0.717) is 18.0 Å². The van der Waals surface area contributed by atoms with Crippen molar-refractivity contribution in [1.29, 1.82) is 0 Å². The molecule has 0 bridgehead atoms. The van der Waals surface area contributed by atoms with Gasteiger partial charge in [-0.25, -0.2) is 9.97 Å². The minimum absolute atomic E-state index is 0.0566. The summed E-state index contributed by atoms with van der Waals surface area (Å²) in [5.74, 6) is 1.48. The van der Waals surface area contributed by atoms with E-state index < -0.39 is 0 Å². The van der Waals surface area contributed by atoms with E-state index in [4.69, 9.17) is 9.47 Å². The van der Waals surface area contributed by atoms with Crippen molar-refractivity contribution < 1.29 is 14.3 Å². The largest absolute Gasteiger partial charge is 0.496 e. The number of carbonyl (C=O) groups is 1. The molecule has 0 spiro atoms. The summed E-state index contributed by atoms with van der Waals surface area (Å²) in [7, 11) is 1.66. The van der Waals surface area contributed by atoms with Crippen LogP contribution < -0.4 is 15.4 Å². The van der Waals surface area contributed by atoms with E-state index in [-0.39, 0.29) is 17.6 Å². The van der Waals surface area contributed by atoms with Gasteiger partial charge in [-0.15, -0.1) is 11.3 Å². The summed E-state index contributed by atoms with van der Waals surface area (Å²) in [6.07, 6.45) is 3.16. The van der Waals surface area contributed by atoms with E-state index in [9.17, 15) is 4.79 Å². The summed E-state index contributed by atoms with van der Waals surface area (Å²) in [4.78, 5) is 23.4. The van der Waals surface area contributed by atoms with Crippen molar-refractivity contribution in [2.24, 2.45) is 0 Å². The van der Waals surface area contributed by atoms with Gasteiger partial charge in [0.2, 0.25) is 0 Å². The fourth-order valence-electron chi connectivity index (χ4n) is 4.06. The fraction of sp³-hybridized carbons (Fsp3) is 0.435. The number of methoxy groups -OCH3 is 1. The quantitative estimate of drug-likeness (QED) is 0.594. The topological polar surface area (TPSA) is 85.4 Å². The molecule has 1 saturated heterocycles. The number of hydrogen-bond acceptors (Lipinski definition) is 7. The number of nitrogens with one attached hydrogen (secondary N) is 2. The average Bonchev–Trinajstić information content (AvgIpc) is 3.09. The molecule has 2 aromatic heterocycles. The maximum atomic E-state index is 13.1. The lowest BCUT2D eigenvalue weighted by molar-refractivity contribution is -0.0615. The van der Waals surface area contributed by atoms with Gasteiger partial charge in [-0.1, -0.05) is 18.2 Å². The summed E-state index contributed by atoms with van der Waals surface area (Å²) < 4.78 is 11.2. The lowest BCUT2D eigenvalue weighted by Crippen LogP contribution is -2.45. The molecule has 1 aromatic carbocycles. The zero-order chi connectivity index (χ0) is 22.0. The number of thiophene rings is 1. The van der Waals surface area contributed by atoms with E-state index >= 15 is 0 Å². The highest BCUT2D eigenvalue weighted by Gasteiger charge is 2.30. The van der Waals surface area contributed by atoms with Gasteiger partial charge in [0, 0.05) is 24.8 Å². The summed E-state index contributed by atoms with van der Waals surface area (Å²) in [5, 5.41) is 7.47. The Morgan fingerprint density at radius 3 is 2.90 bits per heavy atom. The zero-order valence-electron chi connectivity index (χ0n) is 18.3. The van der Waals surface area contributed by atoms with E-state index in [0.717, 1.165) is 45.8 Å². The molecular formula is C23H28N4O3S. The standard InChI is InChI=1S/C23H28N4O3S/c1-14-18-20(24-12-15-7-5-6-8-17(15)29-4)25-13-26-22(18)31-19(14)21(28)27-16-9-10-30-23(2,3)11-16/h5-8,13,16H,9-12H2,1-4H3,(H,27,28)(H,24,25,26). The number of fused-ring (bicyclic) bond motifs is 1. The van der Waals surface area contributed by atoms with Gasteiger partial charge in [0.15, 0.2) is 0 Å². The van der Waals surface area contributed by atoms with Gasteiger partial charge >= 0.3 is 0 Å². The third-order valence-corrected chi connectivity index (χ3v) is 6.80. The number of aromatic nitrogens is 2. The summed E-state index contributed by atoms with van der Waals surface area (Å²) in [6.45, 7) is 7.30. The maximum absolute atomic E-state index is 13.1. The van der Waals surface area contributed by atoms with Gasteiger partial charge in [-0.05, 0) is 45.2 Å². The number of hydrogen-bond donors (Lipinski definition) is 2. The van der Waals surface area contributed by atoms with Gasteiger partial charge in [-0.2, -0.15) is 0 Å². The number of ether oxygens (including phenoxy) is 2. The molecule has 2 N–H and O–H groups in total.